The van der Waals surface area contributed by atoms with Crippen molar-refractivity contribution in [3.05, 3.63) is 42.0 Å². The van der Waals surface area contributed by atoms with E-state index in [9.17, 15) is 4.79 Å². The van der Waals surface area contributed by atoms with E-state index in [0.29, 0.717) is 28.6 Å². The highest BCUT2D eigenvalue weighted by atomic mass is 16.5. The second kappa shape index (κ2) is 6.49. The highest BCUT2D eigenvalue weighted by molar-refractivity contribution is 5.83. The third-order valence-corrected chi connectivity index (χ3v) is 3.40. The Hall–Kier alpha value is -3.22. The van der Waals surface area contributed by atoms with Crippen LogP contribution in [0.25, 0.3) is 11.1 Å². The van der Waals surface area contributed by atoms with E-state index in [-0.39, 0.29) is 0 Å². The van der Waals surface area contributed by atoms with E-state index in [1.807, 2.05) is 31.2 Å². The first-order valence-corrected chi connectivity index (χ1v) is 7.22. The number of fused-ring (bicyclic) bond motifs is 1. The molecule has 0 bridgehead atoms. The summed E-state index contributed by atoms with van der Waals surface area (Å²) < 4.78 is 16.1. The maximum absolute atomic E-state index is 10.6. The Labute approximate surface area is 137 Å². The molecule has 0 radical (unpaired) electrons. The minimum atomic E-state index is -1.06. The number of nitrogens with zero attached hydrogens (tertiary/aromatic N) is 1. The first-order valence-electron chi connectivity index (χ1n) is 7.22. The fourth-order valence-electron chi connectivity index (χ4n) is 2.24. The first-order chi connectivity index (χ1) is 11.6. The molecule has 0 saturated carbocycles. The number of hydrogen-bond donors (Lipinski definition) is 2. The number of methoxy groups -OCH3 is 1. The Morgan fingerprint density at radius 2 is 2.12 bits per heavy atom. The topological polar surface area (TPSA) is 93.8 Å². The third kappa shape index (κ3) is 3.24. The molecule has 2 N–H and O–H groups in total. The van der Waals surface area contributed by atoms with Gasteiger partial charge >= 0.3 is 5.97 Å². The molecule has 0 fully saturated rings. The summed E-state index contributed by atoms with van der Waals surface area (Å²) >= 11 is 0. The van der Waals surface area contributed by atoms with Gasteiger partial charge in [-0.2, -0.15) is 4.98 Å². The van der Waals surface area contributed by atoms with Crippen molar-refractivity contribution in [1.82, 2.24) is 4.98 Å². The van der Waals surface area contributed by atoms with Crippen LogP contribution < -0.4 is 14.8 Å². The third-order valence-electron chi connectivity index (χ3n) is 3.40. The standard InChI is InChI=1S/C17H16N2O5/c1-10-5-3-4-6-12(10)18-17-19-16-13(22-2)7-11(8-14(16)24-17)23-9-15(20)21/h3-8H,9H2,1-2H3,(H,18,19)(H,20,21). The Morgan fingerprint density at radius 1 is 1.33 bits per heavy atom. The van der Waals surface area contributed by atoms with E-state index in [1.54, 1.807) is 12.1 Å². The summed E-state index contributed by atoms with van der Waals surface area (Å²) in [5, 5.41) is 11.8. The summed E-state index contributed by atoms with van der Waals surface area (Å²) in [4.78, 5) is 15.0. The van der Waals surface area contributed by atoms with Crippen LogP contribution >= 0.6 is 0 Å². The predicted octanol–water partition coefficient (Wildman–Crippen LogP) is 3.35. The number of ether oxygens (including phenoxy) is 2. The van der Waals surface area contributed by atoms with E-state index < -0.39 is 12.6 Å². The molecule has 1 aromatic heterocycles. The van der Waals surface area contributed by atoms with Gasteiger partial charge in [-0.1, -0.05) is 18.2 Å². The molecular formula is C17H16N2O5. The maximum atomic E-state index is 10.6. The van der Waals surface area contributed by atoms with E-state index in [2.05, 4.69) is 10.3 Å². The van der Waals surface area contributed by atoms with Crippen LogP contribution in [0.3, 0.4) is 0 Å². The number of nitrogens with one attached hydrogen (secondary N) is 1. The van der Waals surface area contributed by atoms with E-state index in [0.717, 1.165) is 11.3 Å². The Bertz CT molecular complexity index is 888. The fourth-order valence-corrected chi connectivity index (χ4v) is 2.24. The van der Waals surface area contributed by atoms with Crippen LogP contribution in [-0.2, 0) is 4.79 Å². The molecule has 1 heterocycles. The van der Waals surface area contributed by atoms with Crippen molar-refractivity contribution in [2.75, 3.05) is 19.0 Å². The lowest BCUT2D eigenvalue weighted by Crippen LogP contribution is -2.09. The second-order valence-electron chi connectivity index (χ2n) is 5.11. The normalized spacial score (nSPS) is 10.6. The van der Waals surface area contributed by atoms with E-state index in [4.69, 9.17) is 19.0 Å². The lowest BCUT2D eigenvalue weighted by molar-refractivity contribution is -0.139. The number of benzene rings is 2. The molecule has 0 aliphatic rings. The lowest BCUT2D eigenvalue weighted by atomic mass is 10.2. The van der Waals surface area contributed by atoms with Crippen LogP contribution in [0.4, 0.5) is 11.7 Å². The molecule has 124 valence electrons. The van der Waals surface area contributed by atoms with Gasteiger partial charge in [0.1, 0.15) is 5.75 Å². The van der Waals surface area contributed by atoms with Gasteiger partial charge in [-0.3, -0.25) is 0 Å². The largest absolute Gasteiger partial charge is 0.494 e. The molecule has 0 aliphatic carbocycles. The van der Waals surface area contributed by atoms with Crippen molar-refractivity contribution in [3.63, 3.8) is 0 Å². The second-order valence-corrected chi connectivity index (χ2v) is 5.11. The summed E-state index contributed by atoms with van der Waals surface area (Å²) in [5.41, 5.74) is 2.89. The van der Waals surface area contributed by atoms with Crippen molar-refractivity contribution in [3.8, 4) is 11.5 Å². The van der Waals surface area contributed by atoms with Crippen molar-refractivity contribution >= 4 is 28.8 Å². The number of aliphatic carboxylic acids is 1. The number of carboxylic acids is 1. The number of rotatable bonds is 6. The number of carboxylic acid groups (broad SMARTS) is 1. The van der Waals surface area contributed by atoms with Gasteiger partial charge in [-0.05, 0) is 18.6 Å². The number of aryl methyl sites for hydroxylation is 1. The molecular weight excluding hydrogens is 312 g/mol. The number of para-hydroxylation sites is 1. The summed E-state index contributed by atoms with van der Waals surface area (Å²) in [6.45, 7) is 1.53. The van der Waals surface area contributed by atoms with E-state index in [1.165, 1.54) is 7.11 Å². The van der Waals surface area contributed by atoms with E-state index >= 15 is 0 Å². The number of oxazole rings is 1. The van der Waals surface area contributed by atoms with Crippen LogP contribution in [-0.4, -0.2) is 29.8 Å². The molecule has 0 spiro atoms. The van der Waals surface area contributed by atoms with Crippen LogP contribution in [0.2, 0.25) is 0 Å². The van der Waals surface area contributed by atoms with Crippen molar-refractivity contribution in [2.24, 2.45) is 0 Å². The molecule has 2 aromatic carbocycles. The lowest BCUT2D eigenvalue weighted by Gasteiger charge is -2.05. The average Bonchev–Trinajstić information content (AvgIpc) is 2.96. The number of carbonyl (C=O) groups is 1. The number of anilines is 2. The van der Waals surface area contributed by atoms with Gasteiger partial charge < -0.3 is 24.3 Å². The fraction of sp³-hybridized carbons (Fsp3) is 0.176. The van der Waals surface area contributed by atoms with Crippen molar-refractivity contribution in [1.29, 1.82) is 0 Å². The smallest absolute Gasteiger partial charge is 0.341 e. The van der Waals surface area contributed by atoms with Crippen LogP contribution in [0.15, 0.2) is 40.8 Å². The Morgan fingerprint density at radius 3 is 2.83 bits per heavy atom. The quantitative estimate of drug-likeness (QED) is 0.716. The molecule has 0 amide bonds. The molecule has 0 unspecified atom stereocenters. The Kier molecular flexibility index (Phi) is 4.24. The molecule has 24 heavy (non-hydrogen) atoms. The van der Waals surface area contributed by atoms with Gasteiger partial charge in [0, 0.05) is 17.8 Å². The van der Waals surface area contributed by atoms with Gasteiger partial charge in [0.05, 0.1) is 7.11 Å². The highest BCUT2D eigenvalue weighted by Gasteiger charge is 2.14. The molecule has 3 aromatic rings. The Balaban J connectivity index is 1.94. The summed E-state index contributed by atoms with van der Waals surface area (Å²) in [7, 11) is 1.50. The first kappa shape index (κ1) is 15.7. The van der Waals surface area contributed by atoms with Gasteiger partial charge in [0.15, 0.2) is 23.5 Å². The SMILES string of the molecule is COc1cc(OCC(=O)O)cc2oc(Nc3ccccc3C)nc12. The van der Waals surface area contributed by atoms with Crippen molar-refractivity contribution in [2.45, 2.75) is 6.92 Å². The van der Waals surface area contributed by atoms with Gasteiger partial charge in [0.25, 0.3) is 6.01 Å². The zero-order chi connectivity index (χ0) is 17.1. The monoisotopic (exact) mass is 328 g/mol. The van der Waals surface area contributed by atoms with Crippen LogP contribution in [0, 0.1) is 6.92 Å². The zero-order valence-electron chi connectivity index (χ0n) is 13.2. The minimum absolute atomic E-state index is 0.313. The maximum Gasteiger partial charge on any atom is 0.341 e. The minimum Gasteiger partial charge on any atom is -0.494 e. The molecule has 7 heteroatoms. The molecule has 7 nitrogen and oxygen atoms in total. The predicted molar refractivity (Wildman–Crippen MR) is 88.2 cm³/mol. The highest BCUT2D eigenvalue weighted by Crippen LogP contribution is 2.33. The summed E-state index contributed by atoms with van der Waals surface area (Å²) in [6, 6.07) is 11.2. The molecule has 0 saturated heterocycles. The van der Waals surface area contributed by atoms with Crippen LogP contribution in [0.1, 0.15) is 5.56 Å². The summed E-state index contributed by atoms with van der Waals surface area (Å²) in [5.74, 6) is -0.289. The van der Waals surface area contributed by atoms with Gasteiger partial charge in [-0.15, -0.1) is 0 Å². The van der Waals surface area contributed by atoms with Crippen molar-refractivity contribution < 1.29 is 23.8 Å². The molecule has 0 aliphatic heterocycles. The number of aromatic nitrogens is 1. The number of hydrogen-bond acceptors (Lipinski definition) is 6. The zero-order valence-corrected chi connectivity index (χ0v) is 13.2. The molecule has 0 atom stereocenters. The molecule has 3 rings (SSSR count). The van der Waals surface area contributed by atoms with Crippen LogP contribution in [0.5, 0.6) is 11.5 Å². The average molecular weight is 328 g/mol. The van der Waals surface area contributed by atoms with Gasteiger partial charge in [-0.25, -0.2) is 4.79 Å². The summed E-state index contributed by atoms with van der Waals surface area (Å²) in [6.07, 6.45) is 0. The van der Waals surface area contributed by atoms with Gasteiger partial charge in [0.2, 0.25) is 0 Å².